The summed E-state index contributed by atoms with van der Waals surface area (Å²) in [5.74, 6) is 1.43. The first-order chi connectivity index (χ1) is 11.3. The number of hydrogen-bond donors (Lipinski definition) is 1. The van der Waals surface area contributed by atoms with Crippen LogP contribution in [-0.2, 0) is 6.54 Å². The van der Waals surface area contributed by atoms with E-state index in [1.165, 1.54) is 32.1 Å². The summed E-state index contributed by atoms with van der Waals surface area (Å²) in [7, 11) is 0. The molecule has 5 heteroatoms. The standard InChI is InChI=1S/C18H23ClN2O2/c19-15-6-4-5-14(11-15)17-12-20-18(23-17)13-21(9-10-22)16-7-2-1-3-8-16/h4-6,11-12,16,22H,1-3,7-10,13H2. The Balaban J connectivity index is 1.71. The van der Waals surface area contributed by atoms with Crippen LogP contribution in [0.1, 0.15) is 38.0 Å². The summed E-state index contributed by atoms with van der Waals surface area (Å²) in [4.78, 5) is 6.70. The van der Waals surface area contributed by atoms with Gasteiger partial charge in [0.1, 0.15) is 0 Å². The first-order valence-corrected chi connectivity index (χ1v) is 8.69. The van der Waals surface area contributed by atoms with E-state index in [0.29, 0.717) is 30.0 Å². The second-order valence-corrected chi connectivity index (χ2v) is 6.55. The van der Waals surface area contributed by atoms with E-state index in [0.717, 1.165) is 11.3 Å². The smallest absolute Gasteiger partial charge is 0.209 e. The number of aliphatic hydroxyl groups is 1. The van der Waals surface area contributed by atoms with Crippen molar-refractivity contribution in [2.75, 3.05) is 13.2 Å². The quantitative estimate of drug-likeness (QED) is 0.863. The van der Waals surface area contributed by atoms with E-state index in [1.54, 1.807) is 6.20 Å². The summed E-state index contributed by atoms with van der Waals surface area (Å²) < 4.78 is 5.90. The van der Waals surface area contributed by atoms with E-state index in [9.17, 15) is 5.11 Å². The van der Waals surface area contributed by atoms with Gasteiger partial charge in [-0.15, -0.1) is 0 Å². The van der Waals surface area contributed by atoms with Gasteiger partial charge in [0.05, 0.1) is 19.3 Å². The van der Waals surface area contributed by atoms with Crippen LogP contribution < -0.4 is 0 Å². The maximum atomic E-state index is 9.35. The molecule has 1 aromatic carbocycles. The molecule has 2 aromatic rings. The molecular weight excluding hydrogens is 312 g/mol. The lowest BCUT2D eigenvalue weighted by Gasteiger charge is -2.32. The van der Waals surface area contributed by atoms with Crippen molar-refractivity contribution >= 4 is 11.6 Å². The first-order valence-electron chi connectivity index (χ1n) is 8.32. The molecule has 3 rings (SSSR count). The largest absolute Gasteiger partial charge is 0.439 e. The van der Waals surface area contributed by atoms with Crippen LogP contribution >= 0.6 is 11.6 Å². The minimum Gasteiger partial charge on any atom is -0.439 e. The Kier molecular flexibility index (Phi) is 5.70. The molecule has 0 aliphatic heterocycles. The third-order valence-electron chi connectivity index (χ3n) is 4.48. The average molecular weight is 335 g/mol. The monoisotopic (exact) mass is 334 g/mol. The van der Waals surface area contributed by atoms with Gasteiger partial charge in [-0.3, -0.25) is 4.90 Å². The molecule has 1 aromatic heterocycles. The molecule has 0 radical (unpaired) electrons. The number of oxazole rings is 1. The number of hydrogen-bond acceptors (Lipinski definition) is 4. The minimum absolute atomic E-state index is 0.165. The molecule has 0 unspecified atom stereocenters. The fraction of sp³-hybridized carbons (Fsp3) is 0.500. The molecule has 0 amide bonds. The molecule has 0 spiro atoms. The zero-order valence-corrected chi connectivity index (χ0v) is 14.0. The summed E-state index contributed by atoms with van der Waals surface area (Å²) in [6.07, 6.45) is 8.00. The average Bonchev–Trinajstić information content (AvgIpc) is 3.04. The summed E-state index contributed by atoms with van der Waals surface area (Å²) in [5.41, 5.74) is 0.933. The fourth-order valence-corrected chi connectivity index (χ4v) is 3.49. The van der Waals surface area contributed by atoms with Crippen LogP contribution in [-0.4, -0.2) is 34.2 Å². The van der Waals surface area contributed by atoms with Crippen molar-refractivity contribution in [1.82, 2.24) is 9.88 Å². The van der Waals surface area contributed by atoms with Crippen molar-refractivity contribution in [2.24, 2.45) is 0 Å². The number of nitrogens with zero attached hydrogens (tertiary/aromatic N) is 2. The molecule has 4 nitrogen and oxygen atoms in total. The molecule has 1 saturated carbocycles. The van der Waals surface area contributed by atoms with Crippen LogP contribution in [0.15, 0.2) is 34.9 Å². The lowest BCUT2D eigenvalue weighted by molar-refractivity contribution is 0.108. The molecule has 1 N–H and O–H groups in total. The van der Waals surface area contributed by atoms with Crippen molar-refractivity contribution in [2.45, 2.75) is 44.7 Å². The molecular formula is C18H23ClN2O2. The second kappa shape index (κ2) is 7.95. The van der Waals surface area contributed by atoms with E-state index in [-0.39, 0.29) is 6.61 Å². The topological polar surface area (TPSA) is 49.5 Å². The van der Waals surface area contributed by atoms with Crippen molar-refractivity contribution in [3.8, 4) is 11.3 Å². The van der Waals surface area contributed by atoms with Gasteiger partial charge in [-0.25, -0.2) is 4.98 Å². The molecule has 1 heterocycles. The Bertz CT molecular complexity index is 623. The molecule has 0 bridgehead atoms. The maximum absolute atomic E-state index is 9.35. The predicted molar refractivity (Wildman–Crippen MR) is 91.3 cm³/mol. The van der Waals surface area contributed by atoms with Crippen LogP contribution in [0.3, 0.4) is 0 Å². The van der Waals surface area contributed by atoms with Crippen LogP contribution in [0.4, 0.5) is 0 Å². The lowest BCUT2D eigenvalue weighted by atomic mass is 9.94. The van der Waals surface area contributed by atoms with Gasteiger partial charge in [0.2, 0.25) is 5.89 Å². The number of rotatable bonds is 6. The van der Waals surface area contributed by atoms with Crippen LogP contribution in [0.2, 0.25) is 5.02 Å². The highest BCUT2D eigenvalue weighted by Crippen LogP contribution is 2.26. The highest BCUT2D eigenvalue weighted by atomic mass is 35.5. The third-order valence-corrected chi connectivity index (χ3v) is 4.71. The Morgan fingerprint density at radius 1 is 1.26 bits per heavy atom. The van der Waals surface area contributed by atoms with E-state index >= 15 is 0 Å². The number of aromatic nitrogens is 1. The zero-order valence-electron chi connectivity index (χ0n) is 13.2. The first kappa shape index (κ1) is 16.5. The van der Waals surface area contributed by atoms with Gasteiger partial charge in [-0.2, -0.15) is 0 Å². The van der Waals surface area contributed by atoms with Crippen LogP contribution in [0.5, 0.6) is 0 Å². The van der Waals surface area contributed by atoms with Gasteiger partial charge in [0.15, 0.2) is 5.76 Å². The number of benzene rings is 1. The Morgan fingerprint density at radius 3 is 2.83 bits per heavy atom. The van der Waals surface area contributed by atoms with Crippen molar-refractivity contribution in [3.05, 3.63) is 41.4 Å². The molecule has 124 valence electrons. The molecule has 1 fully saturated rings. The number of halogens is 1. The SMILES string of the molecule is OCCN(Cc1ncc(-c2cccc(Cl)c2)o1)C1CCCCC1. The van der Waals surface area contributed by atoms with E-state index in [1.807, 2.05) is 24.3 Å². The summed E-state index contributed by atoms with van der Waals surface area (Å²) in [5, 5.41) is 10.0. The highest BCUT2D eigenvalue weighted by Gasteiger charge is 2.22. The Hall–Kier alpha value is -1.36. The highest BCUT2D eigenvalue weighted by molar-refractivity contribution is 6.30. The molecule has 1 aliphatic carbocycles. The minimum atomic E-state index is 0.165. The van der Waals surface area contributed by atoms with E-state index in [4.69, 9.17) is 16.0 Å². The fourth-order valence-electron chi connectivity index (χ4n) is 3.30. The van der Waals surface area contributed by atoms with Gasteiger partial charge in [0, 0.05) is 23.2 Å². The molecule has 0 atom stereocenters. The normalized spacial score (nSPS) is 16.1. The summed E-state index contributed by atoms with van der Waals surface area (Å²) in [6.45, 7) is 1.48. The van der Waals surface area contributed by atoms with Crippen LogP contribution in [0, 0.1) is 0 Å². The van der Waals surface area contributed by atoms with Gasteiger partial charge < -0.3 is 9.52 Å². The van der Waals surface area contributed by atoms with Gasteiger partial charge in [-0.05, 0) is 25.0 Å². The van der Waals surface area contributed by atoms with Gasteiger partial charge in [-0.1, -0.05) is 43.0 Å². The Labute approximate surface area is 142 Å². The van der Waals surface area contributed by atoms with Crippen molar-refractivity contribution in [1.29, 1.82) is 0 Å². The second-order valence-electron chi connectivity index (χ2n) is 6.11. The molecule has 1 aliphatic rings. The molecule has 23 heavy (non-hydrogen) atoms. The van der Waals surface area contributed by atoms with E-state index in [2.05, 4.69) is 9.88 Å². The van der Waals surface area contributed by atoms with Crippen LogP contribution in [0.25, 0.3) is 11.3 Å². The lowest BCUT2D eigenvalue weighted by Crippen LogP contribution is -2.38. The zero-order chi connectivity index (χ0) is 16.1. The van der Waals surface area contributed by atoms with Gasteiger partial charge in [0.25, 0.3) is 0 Å². The summed E-state index contributed by atoms with van der Waals surface area (Å²) in [6, 6.07) is 8.10. The predicted octanol–water partition coefficient (Wildman–Crippen LogP) is 4.12. The Morgan fingerprint density at radius 2 is 2.09 bits per heavy atom. The number of aliphatic hydroxyl groups excluding tert-OH is 1. The summed E-state index contributed by atoms with van der Waals surface area (Å²) >= 11 is 6.03. The van der Waals surface area contributed by atoms with E-state index < -0.39 is 0 Å². The van der Waals surface area contributed by atoms with Crippen molar-refractivity contribution < 1.29 is 9.52 Å². The van der Waals surface area contributed by atoms with Crippen molar-refractivity contribution in [3.63, 3.8) is 0 Å². The third kappa shape index (κ3) is 4.34. The maximum Gasteiger partial charge on any atom is 0.209 e. The molecule has 0 saturated heterocycles. The van der Waals surface area contributed by atoms with Gasteiger partial charge >= 0.3 is 0 Å².